The van der Waals surface area contributed by atoms with E-state index in [1.54, 1.807) is 44.2 Å². The highest BCUT2D eigenvalue weighted by molar-refractivity contribution is 5.98. The minimum atomic E-state index is -1.77. The van der Waals surface area contributed by atoms with Crippen molar-refractivity contribution in [2.75, 3.05) is 26.3 Å². The number of carboxylic acids is 1. The summed E-state index contributed by atoms with van der Waals surface area (Å²) in [4.78, 5) is 108. The van der Waals surface area contributed by atoms with Crippen molar-refractivity contribution >= 4 is 53.3 Å². The van der Waals surface area contributed by atoms with E-state index >= 15 is 0 Å². The zero-order valence-corrected chi connectivity index (χ0v) is 33.9. The van der Waals surface area contributed by atoms with E-state index in [0.29, 0.717) is 37.8 Å². The molecule has 0 aliphatic heterocycles. The van der Waals surface area contributed by atoms with E-state index in [9.17, 15) is 53.7 Å². The van der Waals surface area contributed by atoms with Gasteiger partial charge in [0, 0.05) is 13.0 Å². The first-order valence-electron chi connectivity index (χ1n) is 19.5. The van der Waals surface area contributed by atoms with Gasteiger partial charge < -0.3 is 75.9 Å². The molecule has 0 aliphatic carbocycles. The second-order valence-electron chi connectivity index (χ2n) is 14.1. The molecule has 0 radical (unpaired) electrons. The number of carbonyl (C=O) groups is 8. The number of nitrogens with zero attached hydrogens (tertiary/aromatic N) is 1. The highest BCUT2D eigenvalue weighted by Crippen LogP contribution is 2.11. The average molecular weight is 851 g/mol. The number of unbranched alkanes of at least 4 members (excludes halogenated alkanes) is 1. The molecule has 1 aromatic rings. The Morgan fingerprint density at radius 2 is 1.20 bits per heavy atom. The van der Waals surface area contributed by atoms with Gasteiger partial charge in [0.25, 0.3) is 0 Å². The zero-order chi connectivity index (χ0) is 45.4. The summed E-state index contributed by atoms with van der Waals surface area (Å²) in [5.41, 5.74) is 28.2. The fourth-order valence-corrected chi connectivity index (χ4v) is 5.57. The quantitative estimate of drug-likeness (QED) is 0.0203. The van der Waals surface area contributed by atoms with E-state index < -0.39 is 115 Å². The molecule has 0 saturated heterocycles. The van der Waals surface area contributed by atoms with Crippen LogP contribution in [0.5, 0.6) is 0 Å². The number of aliphatic hydroxyl groups is 2. The SMILES string of the molecule is CC[C@H](C)[C@H](NC(=O)[C@@H](N)CCCCN)C(=O)N[C@@H](CO)C(=O)N[C@@H](CC(N)=O)C(=O)N[C@@H](CCCN=C(N)N)C(=O)N[C@@H](Cc1ccccc1)C(=O)N[C@@H](CO)C(=O)O. The van der Waals surface area contributed by atoms with Crippen LogP contribution in [0, 0.1) is 5.92 Å². The molecule has 23 heteroatoms. The Labute approximate surface area is 347 Å². The second kappa shape index (κ2) is 27.7. The first kappa shape index (κ1) is 52.1. The number of aliphatic carboxylic acids is 1. The van der Waals surface area contributed by atoms with Gasteiger partial charge in [-0.3, -0.25) is 38.6 Å². The van der Waals surface area contributed by atoms with Crippen molar-refractivity contribution < 1.29 is 53.7 Å². The van der Waals surface area contributed by atoms with E-state index in [1.165, 1.54) is 0 Å². The average Bonchev–Trinajstić information content (AvgIpc) is 3.20. The van der Waals surface area contributed by atoms with Gasteiger partial charge in [0.05, 0.1) is 25.7 Å². The molecule has 0 aliphatic rings. The summed E-state index contributed by atoms with van der Waals surface area (Å²) in [5, 5.41) is 43.2. The van der Waals surface area contributed by atoms with Crippen LogP contribution in [-0.4, -0.2) is 137 Å². The predicted octanol–water partition coefficient (Wildman–Crippen LogP) is -5.36. The van der Waals surface area contributed by atoms with Crippen LogP contribution in [0.15, 0.2) is 35.3 Å². The van der Waals surface area contributed by atoms with E-state index in [2.05, 4.69) is 36.9 Å². The molecule has 60 heavy (non-hydrogen) atoms. The third kappa shape index (κ3) is 19.2. The summed E-state index contributed by atoms with van der Waals surface area (Å²) >= 11 is 0. The van der Waals surface area contributed by atoms with Crippen LogP contribution in [0.2, 0.25) is 0 Å². The molecule has 0 aromatic heterocycles. The molecule has 0 saturated carbocycles. The van der Waals surface area contributed by atoms with Crippen molar-refractivity contribution in [3.05, 3.63) is 35.9 Å². The molecule has 0 bridgehead atoms. The maximum Gasteiger partial charge on any atom is 0.328 e. The summed E-state index contributed by atoms with van der Waals surface area (Å²) in [6.07, 6.45) is 0.892. The number of nitrogens with one attached hydrogen (secondary N) is 6. The highest BCUT2D eigenvalue weighted by atomic mass is 16.4. The van der Waals surface area contributed by atoms with Crippen LogP contribution in [0.4, 0.5) is 0 Å². The van der Waals surface area contributed by atoms with Gasteiger partial charge in [-0.05, 0) is 43.7 Å². The van der Waals surface area contributed by atoms with Crippen molar-refractivity contribution in [3.8, 4) is 0 Å². The first-order valence-corrected chi connectivity index (χ1v) is 19.5. The fourth-order valence-electron chi connectivity index (χ4n) is 5.57. The van der Waals surface area contributed by atoms with Crippen LogP contribution < -0.4 is 60.6 Å². The Morgan fingerprint density at radius 3 is 1.75 bits per heavy atom. The predicted molar refractivity (Wildman–Crippen MR) is 218 cm³/mol. The fraction of sp³-hybridized carbons (Fsp3) is 0.595. The van der Waals surface area contributed by atoms with Gasteiger partial charge in [-0.25, -0.2) is 4.79 Å². The normalized spacial score (nSPS) is 14.9. The first-order chi connectivity index (χ1) is 28.4. The molecular weight excluding hydrogens is 788 g/mol. The number of amides is 7. The summed E-state index contributed by atoms with van der Waals surface area (Å²) in [7, 11) is 0. The molecule has 336 valence electrons. The molecule has 0 fully saturated rings. The Balaban J connectivity index is 3.35. The third-order valence-electron chi connectivity index (χ3n) is 9.24. The minimum absolute atomic E-state index is 0.00957. The lowest BCUT2D eigenvalue weighted by atomic mass is 9.97. The van der Waals surface area contributed by atoms with Crippen LogP contribution in [0.25, 0.3) is 0 Å². The molecule has 7 amide bonds. The van der Waals surface area contributed by atoms with Crippen LogP contribution in [-0.2, 0) is 44.8 Å². The van der Waals surface area contributed by atoms with Gasteiger partial charge >= 0.3 is 5.97 Å². The Kier molecular flexibility index (Phi) is 24.1. The second-order valence-corrected chi connectivity index (χ2v) is 14.1. The Hall–Kier alpha value is -5.91. The summed E-state index contributed by atoms with van der Waals surface area (Å²) in [6.45, 7) is 1.90. The van der Waals surface area contributed by atoms with Crippen LogP contribution >= 0.6 is 0 Å². The lowest BCUT2D eigenvalue weighted by molar-refractivity contribution is -0.143. The number of carboxylic acid groups (broad SMARTS) is 1. The molecule has 0 heterocycles. The number of nitrogens with two attached hydrogens (primary N) is 5. The van der Waals surface area contributed by atoms with E-state index in [0.717, 1.165) is 0 Å². The number of carbonyl (C=O) groups excluding carboxylic acids is 7. The maximum atomic E-state index is 13.8. The number of primary amides is 1. The van der Waals surface area contributed by atoms with E-state index in [-0.39, 0.29) is 31.8 Å². The topological polar surface area (TPSA) is 412 Å². The molecule has 0 spiro atoms. The van der Waals surface area contributed by atoms with E-state index in [4.69, 9.17) is 28.7 Å². The van der Waals surface area contributed by atoms with Gasteiger partial charge in [-0.1, -0.05) is 57.0 Å². The summed E-state index contributed by atoms with van der Waals surface area (Å²) < 4.78 is 0. The zero-order valence-electron chi connectivity index (χ0n) is 33.9. The number of benzene rings is 1. The smallest absolute Gasteiger partial charge is 0.328 e. The van der Waals surface area contributed by atoms with Crippen LogP contribution in [0.1, 0.15) is 64.4 Å². The standard InChI is InChI=1S/C37H62N12O11/c1-3-20(2)29(49-30(53)22(39)12-7-8-14-38)35(58)47-26(18-50)34(57)46-25(17-28(40)52)33(56)44-23(13-9-15-43-37(41)42)31(54)45-24(16-21-10-5-4-6-11-21)32(55)48-27(19-51)36(59)60/h4-6,10-11,20,22-27,29,50-51H,3,7-9,12-19,38-39H2,1-2H3,(H2,40,52)(H,44,56)(H,45,54)(H,46,57)(H,47,58)(H,48,55)(H,49,53)(H,59,60)(H4,41,42,43)/t20-,22-,23-,24-,25-,26-,27-,29-/m0/s1. The number of rotatable bonds is 29. The van der Waals surface area contributed by atoms with Gasteiger partial charge in [-0.2, -0.15) is 0 Å². The Morgan fingerprint density at radius 1 is 0.667 bits per heavy atom. The molecular formula is C37H62N12O11. The molecule has 8 atom stereocenters. The number of hydrogen-bond acceptors (Lipinski definition) is 13. The number of guanidine groups is 1. The van der Waals surface area contributed by atoms with Crippen molar-refractivity contribution in [2.45, 2.75) is 108 Å². The molecule has 19 N–H and O–H groups in total. The van der Waals surface area contributed by atoms with Crippen molar-refractivity contribution in [3.63, 3.8) is 0 Å². The lowest BCUT2D eigenvalue weighted by Crippen LogP contribution is -2.61. The van der Waals surface area contributed by atoms with E-state index in [1.807, 2.05) is 0 Å². The number of aliphatic imine (C=N–C) groups is 1. The van der Waals surface area contributed by atoms with Crippen molar-refractivity contribution in [1.29, 1.82) is 0 Å². The maximum absolute atomic E-state index is 13.8. The minimum Gasteiger partial charge on any atom is -0.480 e. The molecule has 0 unspecified atom stereocenters. The number of aliphatic hydroxyl groups excluding tert-OH is 2. The summed E-state index contributed by atoms with van der Waals surface area (Å²) in [6, 6.07) is -1.91. The van der Waals surface area contributed by atoms with Crippen LogP contribution in [0.3, 0.4) is 0 Å². The highest BCUT2D eigenvalue weighted by Gasteiger charge is 2.35. The summed E-state index contributed by atoms with van der Waals surface area (Å²) in [5.74, 6) is -8.96. The largest absolute Gasteiger partial charge is 0.480 e. The third-order valence-corrected chi connectivity index (χ3v) is 9.24. The number of hydrogen-bond donors (Lipinski definition) is 14. The van der Waals surface area contributed by atoms with Crippen molar-refractivity contribution in [1.82, 2.24) is 31.9 Å². The van der Waals surface area contributed by atoms with Gasteiger partial charge in [0.15, 0.2) is 5.96 Å². The Bertz CT molecular complexity index is 1610. The van der Waals surface area contributed by atoms with Gasteiger partial charge in [0.2, 0.25) is 41.4 Å². The van der Waals surface area contributed by atoms with Gasteiger partial charge in [0.1, 0.15) is 36.3 Å². The van der Waals surface area contributed by atoms with Crippen molar-refractivity contribution in [2.24, 2.45) is 39.6 Å². The molecule has 1 rings (SSSR count). The monoisotopic (exact) mass is 850 g/mol. The van der Waals surface area contributed by atoms with Gasteiger partial charge in [-0.15, -0.1) is 0 Å². The lowest BCUT2D eigenvalue weighted by Gasteiger charge is -2.28. The molecule has 23 nitrogen and oxygen atoms in total. The molecule has 1 aromatic carbocycles.